The number of alkyl halides is 3. The highest BCUT2D eigenvalue weighted by Crippen LogP contribution is 2.37. The van der Waals surface area contributed by atoms with Crippen LogP contribution in [0.5, 0.6) is 0 Å². The molecule has 12 heteroatoms. The molecule has 0 aliphatic heterocycles. The number of esters is 1. The number of ether oxygens (including phenoxy) is 1. The van der Waals surface area contributed by atoms with Gasteiger partial charge in [0, 0.05) is 23.9 Å². The van der Waals surface area contributed by atoms with E-state index in [1.807, 2.05) is 0 Å². The first-order valence-corrected chi connectivity index (χ1v) is 13.8. The van der Waals surface area contributed by atoms with Crippen LogP contribution in [0.1, 0.15) is 78.2 Å². The van der Waals surface area contributed by atoms with E-state index in [0.29, 0.717) is 57.6 Å². The largest absolute Gasteiger partial charge is 0.469 e. The summed E-state index contributed by atoms with van der Waals surface area (Å²) in [7, 11) is -1.21. The number of nitrogens with zero attached hydrogens (tertiary/aromatic N) is 3. The van der Waals surface area contributed by atoms with Crippen molar-refractivity contribution in [2.24, 2.45) is 0 Å². The Hall–Kier alpha value is -2.89. The Morgan fingerprint density at radius 2 is 1.84 bits per heavy atom. The normalized spacial score (nSPS) is 18.5. The number of halogens is 3. The molecule has 1 aromatic carbocycles. The predicted octanol–water partition coefficient (Wildman–Crippen LogP) is 4.33. The van der Waals surface area contributed by atoms with Gasteiger partial charge in [0.15, 0.2) is 9.84 Å². The highest BCUT2D eigenvalue weighted by Gasteiger charge is 2.37. The van der Waals surface area contributed by atoms with Gasteiger partial charge in [-0.05, 0) is 50.3 Å². The van der Waals surface area contributed by atoms with E-state index in [1.165, 1.54) is 19.1 Å². The van der Waals surface area contributed by atoms with E-state index >= 15 is 0 Å². The maximum atomic E-state index is 13.7. The molecule has 0 saturated heterocycles. The zero-order chi connectivity index (χ0) is 27.0. The van der Waals surface area contributed by atoms with E-state index in [4.69, 9.17) is 0 Å². The number of aromatic nitrogens is 2. The lowest BCUT2D eigenvalue weighted by Crippen LogP contribution is -2.33. The summed E-state index contributed by atoms with van der Waals surface area (Å²) in [6.45, 7) is 0.308. The van der Waals surface area contributed by atoms with Gasteiger partial charge in [0.05, 0.1) is 48.0 Å². The number of carbonyl (C=O) groups is 2. The second-order valence-electron chi connectivity index (χ2n) is 9.62. The second-order valence-corrected chi connectivity index (χ2v) is 11.8. The fourth-order valence-corrected chi connectivity index (χ4v) is 7.20. The molecule has 0 radical (unpaired) electrons. The second kappa shape index (κ2) is 10.5. The van der Waals surface area contributed by atoms with Gasteiger partial charge in [-0.1, -0.05) is 12.8 Å². The lowest BCUT2D eigenvalue weighted by molar-refractivity contribution is -0.141. The third kappa shape index (κ3) is 5.53. The molecule has 2 aromatic rings. The van der Waals surface area contributed by atoms with Gasteiger partial charge in [-0.15, -0.1) is 0 Å². The van der Waals surface area contributed by atoms with Crippen LogP contribution in [0.4, 0.5) is 13.2 Å². The third-order valence-corrected chi connectivity index (χ3v) is 9.57. The van der Waals surface area contributed by atoms with Crippen molar-refractivity contribution < 1.29 is 35.9 Å². The average molecular weight is 542 g/mol. The van der Waals surface area contributed by atoms with Crippen molar-refractivity contribution in [2.75, 3.05) is 14.2 Å². The molecule has 1 fully saturated rings. The Kier molecular flexibility index (Phi) is 7.68. The number of amides is 1. The number of hydrogen-bond donors (Lipinski definition) is 0. The van der Waals surface area contributed by atoms with Crippen molar-refractivity contribution in [1.82, 2.24) is 14.7 Å². The number of aryl methyl sites for hydroxylation is 1. The molecule has 0 unspecified atom stereocenters. The van der Waals surface area contributed by atoms with Gasteiger partial charge in [0.25, 0.3) is 5.91 Å². The zero-order valence-electron chi connectivity index (χ0n) is 20.8. The van der Waals surface area contributed by atoms with Crippen LogP contribution >= 0.6 is 0 Å². The molecule has 4 rings (SSSR count). The maximum Gasteiger partial charge on any atom is 0.416 e. The van der Waals surface area contributed by atoms with Crippen molar-refractivity contribution in [3.63, 3.8) is 0 Å². The van der Waals surface area contributed by atoms with Crippen LogP contribution < -0.4 is 0 Å². The topological polar surface area (TPSA) is 98.6 Å². The van der Waals surface area contributed by atoms with Gasteiger partial charge in [0.1, 0.15) is 0 Å². The standard InChI is InChI=1S/C25H30F3N3O5S/c1-30(21-8-5-9-22-20(21)15-29-31(22)11-10-23(32)36-2)24(33)16-12-17(25(26,27)28)14-19(13-16)37(34,35)18-6-3-4-7-18/h12-15,18,21H,3-11H2,1-2H3/t21-/m1/s1. The number of hydrogen-bond acceptors (Lipinski definition) is 6. The Bertz CT molecular complexity index is 1280. The van der Waals surface area contributed by atoms with Crippen LogP contribution in [0.2, 0.25) is 0 Å². The Labute approximate surface area is 213 Å². The minimum atomic E-state index is -4.81. The number of methoxy groups -OCH3 is 1. The van der Waals surface area contributed by atoms with E-state index < -0.39 is 43.7 Å². The highest BCUT2D eigenvalue weighted by atomic mass is 32.2. The van der Waals surface area contributed by atoms with Gasteiger partial charge in [-0.2, -0.15) is 18.3 Å². The third-order valence-electron chi connectivity index (χ3n) is 7.32. The maximum absolute atomic E-state index is 13.7. The predicted molar refractivity (Wildman–Crippen MR) is 128 cm³/mol. The van der Waals surface area contributed by atoms with Crippen molar-refractivity contribution in [2.45, 2.75) is 80.3 Å². The van der Waals surface area contributed by atoms with E-state index in [0.717, 1.165) is 23.4 Å². The number of rotatable bonds is 7. The van der Waals surface area contributed by atoms with Crippen molar-refractivity contribution in [3.8, 4) is 0 Å². The van der Waals surface area contributed by atoms with Crippen molar-refractivity contribution in [1.29, 1.82) is 0 Å². The van der Waals surface area contributed by atoms with Gasteiger partial charge in [-0.25, -0.2) is 8.42 Å². The van der Waals surface area contributed by atoms with E-state index in [2.05, 4.69) is 9.84 Å². The molecule has 2 aliphatic rings. The molecule has 1 amide bonds. The van der Waals surface area contributed by atoms with Crippen molar-refractivity contribution >= 4 is 21.7 Å². The lowest BCUT2D eigenvalue weighted by Gasteiger charge is -2.32. The van der Waals surface area contributed by atoms with Gasteiger partial charge < -0.3 is 9.64 Å². The van der Waals surface area contributed by atoms with Crippen LogP contribution in [0, 0.1) is 0 Å². The average Bonchev–Trinajstić information content (AvgIpc) is 3.56. The monoisotopic (exact) mass is 541 g/mol. The molecular formula is C25H30F3N3O5S. The first-order valence-electron chi connectivity index (χ1n) is 12.3. The minimum absolute atomic E-state index is 0.131. The fourth-order valence-electron chi connectivity index (χ4n) is 5.28. The summed E-state index contributed by atoms with van der Waals surface area (Å²) in [6, 6.07) is 1.98. The summed E-state index contributed by atoms with van der Waals surface area (Å²) >= 11 is 0. The summed E-state index contributed by atoms with van der Waals surface area (Å²) in [4.78, 5) is 25.9. The molecule has 8 nitrogen and oxygen atoms in total. The zero-order valence-corrected chi connectivity index (χ0v) is 21.6. The SMILES string of the molecule is COC(=O)CCn1ncc2c1CCC[C@H]2N(C)C(=O)c1cc(C(F)(F)F)cc(S(=O)(=O)C2CCCC2)c1. The van der Waals surface area contributed by atoms with Crippen LogP contribution in [0.25, 0.3) is 0 Å². The Morgan fingerprint density at radius 1 is 1.14 bits per heavy atom. The van der Waals surface area contributed by atoms with E-state index in [9.17, 15) is 31.2 Å². The molecular weight excluding hydrogens is 511 g/mol. The van der Waals surface area contributed by atoms with Gasteiger partial charge in [0.2, 0.25) is 0 Å². The van der Waals surface area contributed by atoms with E-state index in [-0.39, 0.29) is 18.0 Å². The molecule has 0 spiro atoms. The molecule has 0 bridgehead atoms. The molecule has 202 valence electrons. The smallest absolute Gasteiger partial charge is 0.416 e. The number of fused-ring (bicyclic) bond motifs is 1. The fraction of sp³-hybridized carbons (Fsp3) is 0.560. The Balaban J connectivity index is 1.65. The summed E-state index contributed by atoms with van der Waals surface area (Å²) in [6.07, 6.45) is 1.10. The lowest BCUT2D eigenvalue weighted by atomic mass is 9.91. The summed E-state index contributed by atoms with van der Waals surface area (Å²) in [5.41, 5.74) is 0.133. The molecule has 0 N–H and O–H groups in total. The molecule has 2 aliphatic carbocycles. The summed E-state index contributed by atoms with van der Waals surface area (Å²) in [5.74, 6) is -1.08. The van der Waals surface area contributed by atoms with Crippen LogP contribution in [-0.4, -0.2) is 54.4 Å². The summed E-state index contributed by atoms with van der Waals surface area (Å²) < 4.78 is 73.8. The van der Waals surface area contributed by atoms with E-state index in [1.54, 1.807) is 10.9 Å². The van der Waals surface area contributed by atoms with Crippen LogP contribution in [-0.2, 0) is 38.5 Å². The van der Waals surface area contributed by atoms with Crippen LogP contribution in [0.15, 0.2) is 29.3 Å². The molecule has 1 atom stereocenters. The molecule has 37 heavy (non-hydrogen) atoms. The summed E-state index contributed by atoms with van der Waals surface area (Å²) in [5, 5.41) is 3.61. The van der Waals surface area contributed by atoms with Crippen LogP contribution in [0.3, 0.4) is 0 Å². The first-order chi connectivity index (χ1) is 17.4. The first kappa shape index (κ1) is 27.2. The minimum Gasteiger partial charge on any atom is -0.469 e. The van der Waals surface area contributed by atoms with Gasteiger partial charge >= 0.3 is 12.1 Å². The molecule has 1 saturated carbocycles. The van der Waals surface area contributed by atoms with Gasteiger partial charge in [-0.3, -0.25) is 14.3 Å². The molecule has 1 heterocycles. The number of carbonyl (C=O) groups excluding carboxylic acids is 2. The number of sulfone groups is 1. The number of benzene rings is 1. The quantitative estimate of drug-likeness (QED) is 0.484. The highest BCUT2D eigenvalue weighted by molar-refractivity contribution is 7.92. The van der Waals surface area contributed by atoms with Crippen molar-refractivity contribution in [3.05, 3.63) is 46.8 Å². The molecule has 1 aromatic heterocycles. The Morgan fingerprint density at radius 3 is 2.49 bits per heavy atom.